The lowest BCUT2D eigenvalue weighted by Gasteiger charge is -2.29. The molecule has 0 radical (unpaired) electrons. The third-order valence-electron chi connectivity index (χ3n) is 14.0. The summed E-state index contributed by atoms with van der Waals surface area (Å²) >= 11 is 0. The molecule has 11 atom stereocenters. The fourth-order valence-electron chi connectivity index (χ4n) is 9.36. The van der Waals surface area contributed by atoms with Crippen LogP contribution in [0, 0.1) is 11.8 Å². The Balaban J connectivity index is 2.70. The zero-order valence-corrected chi connectivity index (χ0v) is 50.6. The van der Waals surface area contributed by atoms with E-state index in [0.29, 0.717) is 12.0 Å². The van der Waals surface area contributed by atoms with E-state index in [1.54, 1.807) is 58.0 Å². The maximum Gasteiger partial charge on any atom is 0.245 e. The number of rotatable bonds is 30. The summed E-state index contributed by atoms with van der Waals surface area (Å²) in [6, 6.07) is -5.30. The van der Waals surface area contributed by atoms with Crippen LogP contribution in [0.2, 0.25) is 0 Å². The number of carbonyl (C=O) groups is 11. The van der Waals surface area contributed by atoms with E-state index in [1.165, 1.54) is 6.92 Å². The number of nitrogens with two attached hydrogens (primary N) is 5. The highest BCUT2D eigenvalue weighted by Crippen LogP contribution is 2.13. The van der Waals surface area contributed by atoms with Gasteiger partial charge in [0.1, 0.15) is 60.4 Å². The van der Waals surface area contributed by atoms with Crippen molar-refractivity contribution in [2.45, 2.75) is 204 Å². The van der Waals surface area contributed by atoms with Gasteiger partial charge in [-0.15, -0.1) is 0 Å². The molecule has 1 aromatic rings. The van der Waals surface area contributed by atoms with Crippen LogP contribution in [-0.2, 0) is 59.2 Å². The zero-order valence-electron chi connectivity index (χ0n) is 50.6. The summed E-state index contributed by atoms with van der Waals surface area (Å²) < 4.78 is 0. The Kier molecular flexibility index (Phi) is 35.3. The number of hydrogen-bond acceptors (Lipinski definition) is 17. The maximum atomic E-state index is 14.6. The molecule has 11 amide bonds. The summed E-state index contributed by atoms with van der Waals surface area (Å²) in [5, 5.41) is 39.7. The van der Waals surface area contributed by atoms with Gasteiger partial charge in [0, 0.05) is 19.4 Å². The molecule has 0 aliphatic carbocycles. The number of carbonyl (C=O) groups excluding carboxylic acids is 11. The molecule has 1 aliphatic rings. The standard InChI is InChI=1S/C57H100N16O12/c1-7-8-9-10-14-17-46(75)64-37(18-24-58)54(82)73-47(35(6)74)57(85)69-41(22-28-62)50(78)68-42-23-29-63-48(76)43(30-33(2)3)70-51(79)39(20-26-60)65-49(77)38(19-25-59)67-55(83)44(31-34(4)5)71-56(84)45(32-36-15-12-11-13-16-36)72-52(80)40(21-27-61)66-53(42)81/h11-13,15-16,33-35,37-45,47,74H,7-10,14,17-32,58-62H2,1-6H3,(H,63,76)(H,64,75)(H,65,77)(H,66,81)(H,67,83)(H,68,78)(H,69,85)(H,70,79)(H,71,84)(H,72,80)(H,73,82)/t35-,37+,38+,39+,40+,41+,42+,43+,44+,45-,47+/m1/s1. The lowest BCUT2D eigenvalue weighted by Crippen LogP contribution is -2.62. The summed E-state index contributed by atoms with van der Waals surface area (Å²) in [4.78, 5) is 154. The van der Waals surface area contributed by atoms with Gasteiger partial charge < -0.3 is 92.3 Å². The largest absolute Gasteiger partial charge is 0.391 e. The highest BCUT2D eigenvalue weighted by molar-refractivity contribution is 5.99. The van der Waals surface area contributed by atoms with Crippen LogP contribution in [0.15, 0.2) is 30.3 Å². The van der Waals surface area contributed by atoms with Gasteiger partial charge in [-0.05, 0) is 115 Å². The smallest absolute Gasteiger partial charge is 0.245 e. The summed E-state index contributed by atoms with van der Waals surface area (Å²) in [6.45, 7) is 9.62. The molecule has 28 heteroatoms. The minimum Gasteiger partial charge on any atom is -0.391 e. The minimum atomic E-state index is -1.68. The highest BCUT2D eigenvalue weighted by atomic mass is 16.3. The Morgan fingerprint density at radius 1 is 0.529 bits per heavy atom. The first-order valence-corrected chi connectivity index (χ1v) is 30.0. The van der Waals surface area contributed by atoms with Gasteiger partial charge in [0.2, 0.25) is 65.0 Å². The fourth-order valence-corrected chi connectivity index (χ4v) is 9.36. The second-order valence-corrected chi connectivity index (χ2v) is 22.4. The van der Waals surface area contributed by atoms with Gasteiger partial charge in [0.05, 0.1) is 6.10 Å². The van der Waals surface area contributed by atoms with Crippen LogP contribution < -0.4 is 87.2 Å². The van der Waals surface area contributed by atoms with Crippen molar-refractivity contribution in [2.24, 2.45) is 40.5 Å². The van der Waals surface area contributed by atoms with E-state index in [1.807, 2.05) is 0 Å². The number of nitrogens with one attached hydrogen (secondary N) is 11. The molecule has 22 N–H and O–H groups in total. The number of amides is 11. The average molecular weight is 1200 g/mol. The summed E-state index contributed by atoms with van der Waals surface area (Å²) in [5.41, 5.74) is 30.1. The molecule has 1 heterocycles. The molecule has 28 nitrogen and oxygen atoms in total. The molecule has 1 saturated heterocycles. The molecule has 0 saturated carbocycles. The molecule has 2 rings (SSSR count). The van der Waals surface area contributed by atoms with E-state index in [9.17, 15) is 57.8 Å². The maximum absolute atomic E-state index is 14.6. The Bertz CT molecular complexity index is 2300. The predicted octanol–water partition coefficient (Wildman–Crippen LogP) is -3.83. The van der Waals surface area contributed by atoms with Crippen molar-refractivity contribution in [3.63, 3.8) is 0 Å². The number of aliphatic hydroxyl groups is 1. The summed E-state index contributed by atoms with van der Waals surface area (Å²) in [6.07, 6.45) is 2.08. The molecular weight excluding hydrogens is 1100 g/mol. The molecular formula is C57H100N16O12. The molecule has 0 spiro atoms. The third-order valence-corrected chi connectivity index (χ3v) is 14.0. The van der Waals surface area contributed by atoms with Crippen LogP contribution in [0.5, 0.6) is 0 Å². The minimum absolute atomic E-state index is 0.00174. The lowest BCUT2D eigenvalue weighted by atomic mass is 10.00. The molecule has 1 fully saturated rings. The Labute approximate surface area is 499 Å². The fraction of sp³-hybridized carbons (Fsp3) is 0.702. The quantitative estimate of drug-likeness (QED) is 0.0328. The zero-order chi connectivity index (χ0) is 63.6. The predicted molar refractivity (Wildman–Crippen MR) is 319 cm³/mol. The van der Waals surface area contributed by atoms with Gasteiger partial charge >= 0.3 is 0 Å². The lowest BCUT2D eigenvalue weighted by molar-refractivity contribution is -0.137. The molecule has 1 aromatic carbocycles. The first kappa shape index (κ1) is 74.3. The van der Waals surface area contributed by atoms with Crippen molar-refractivity contribution >= 4 is 65.0 Å². The monoisotopic (exact) mass is 1200 g/mol. The van der Waals surface area contributed by atoms with Crippen LogP contribution >= 0.6 is 0 Å². The van der Waals surface area contributed by atoms with Gasteiger partial charge in [0.25, 0.3) is 0 Å². The van der Waals surface area contributed by atoms with Crippen molar-refractivity contribution in [3.05, 3.63) is 35.9 Å². The molecule has 0 bridgehead atoms. The van der Waals surface area contributed by atoms with E-state index < -0.39 is 132 Å². The van der Waals surface area contributed by atoms with Crippen LogP contribution in [0.25, 0.3) is 0 Å². The van der Waals surface area contributed by atoms with E-state index in [4.69, 9.17) is 28.7 Å². The molecule has 0 aromatic heterocycles. The number of benzene rings is 1. The highest BCUT2D eigenvalue weighted by Gasteiger charge is 2.37. The molecule has 480 valence electrons. The number of hydrogen-bond donors (Lipinski definition) is 17. The van der Waals surface area contributed by atoms with Gasteiger partial charge in [-0.25, -0.2) is 0 Å². The average Bonchev–Trinajstić information content (AvgIpc) is 3.66. The second kappa shape index (κ2) is 40.5. The molecule has 0 unspecified atom stereocenters. The Morgan fingerprint density at radius 3 is 1.46 bits per heavy atom. The van der Waals surface area contributed by atoms with Crippen molar-refractivity contribution in [1.29, 1.82) is 0 Å². The second-order valence-electron chi connectivity index (χ2n) is 22.4. The Hall–Kier alpha value is -6.85. The van der Waals surface area contributed by atoms with Crippen LogP contribution in [0.1, 0.15) is 137 Å². The van der Waals surface area contributed by atoms with Crippen LogP contribution in [-0.4, -0.2) is 176 Å². The van der Waals surface area contributed by atoms with Crippen molar-refractivity contribution in [1.82, 2.24) is 58.5 Å². The molecule has 1 aliphatic heterocycles. The topological polar surface area (TPSA) is 470 Å². The van der Waals surface area contributed by atoms with Gasteiger partial charge in [-0.3, -0.25) is 52.7 Å². The van der Waals surface area contributed by atoms with Gasteiger partial charge in [-0.1, -0.05) is 90.6 Å². The van der Waals surface area contributed by atoms with Crippen LogP contribution in [0.3, 0.4) is 0 Å². The van der Waals surface area contributed by atoms with Crippen molar-refractivity contribution < 1.29 is 57.8 Å². The summed E-state index contributed by atoms with van der Waals surface area (Å²) in [7, 11) is 0. The van der Waals surface area contributed by atoms with E-state index in [0.717, 1.165) is 25.7 Å². The summed E-state index contributed by atoms with van der Waals surface area (Å²) in [5.74, 6) is -9.36. The van der Waals surface area contributed by atoms with Crippen LogP contribution in [0.4, 0.5) is 0 Å². The SMILES string of the molecule is CCCCCCCC(=O)N[C@@H](CCN)C(=O)N[C@H](C(=O)N[C@@H](CCN)C(=O)N[C@H]1CCNC(=O)[C@H](CC(C)C)NC(=O)[C@H](CCN)NC(=O)[C@H](CCN)NC(=O)[C@H](CC(C)C)NC(=O)[C@@H](Cc2ccccc2)NC(=O)[C@H](CCN)NC1=O)[C@@H](C)O. The van der Waals surface area contributed by atoms with E-state index >= 15 is 0 Å². The first-order chi connectivity index (χ1) is 40.4. The molecule has 85 heavy (non-hydrogen) atoms. The number of unbranched alkanes of at least 4 members (excludes halogenated alkanes) is 4. The van der Waals surface area contributed by atoms with Crippen molar-refractivity contribution in [2.75, 3.05) is 39.3 Å². The van der Waals surface area contributed by atoms with E-state index in [-0.39, 0.29) is 115 Å². The number of aliphatic hydroxyl groups excluding tert-OH is 1. The Morgan fingerprint density at radius 2 is 0.976 bits per heavy atom. The van der Waals surface area contributed by atoms with Gasteiger partial charge in [0.15, 0.2) is 0 Å². The van der Waals surface area contributed by atoms with E-state index in [2.05, 4.69) is 65.4 Å². The first-order valence-electron chi connectivity index (χ1n) is 30.0. The van der Waals surface area contributed by atoms with Gasteiger partial charge in [-0.2, -0.15) is 0 Å². The third kappa shape index (κ3) is 27.8. The normalized spacial score (nSPS) is 22.2. The van der Waals surface area contributed by atoms with Crippen molar-refractivity contribution in [3.8, 4) is 0 Å².